The number of primary amides is 1. The summed E-state index contributed by atoms with van der Waals surface area (Å²) >= 11 is 0. The van der Waals surface area contributed by atoms with Crippen molar-refractivity contribution in [2.75, 3.05) is 0 Å². The standard InChI is InChI=1S/C6H13N.C5H8N2O4.C4H10O.O2/c7-6-4-2-1-3-5-6;1-3(8)7(4(2)9)11-5(6)10;1-4(2,3)5;1-2/h6H,1-5,7H2;1-2H3,(H2,6,10);5H,1-3H3;. The average Bonchev–Trinajstić information content (AvgIpc) is 2.46. The molecule has 0 saturated heterocycles. The van der Waals surface area contributed by atoms with Crippen molar-refractivity contribution in [1.82, 2.24) is 5.06 Å². The summed E-state index contributed by atoms with van der Waals surface area (Å²) in [6.45, 7) is 7.38. The van der Waals surface area contributed by atoms with Crippen molar-refractivity contribution < 1.29 is 24.3 Å². The van der Waals surface area contributed by atoms with Gasteiger partial charge >= 0.3 is 6.09 Å². The number of nitrogens with two attached hydrogens (primary N) is 2. The molecule has 0 heterocycles. The molecule has 0 bridgehead atoms. The normalized spacial score (nSPS) is 13.4. The van der Waals surface area contributed by atoms with Crippen molar-refractivity contribution in [3.8, 4) is 0 Å². The number of carbonyl (C=O) groups is 3. The number of imide groups is 1. The van der Waals surface area contributed by atoms with Gasteiger partial charge in [-0.15, -0.1) is 5.06 Å². The van der Waals surface area contributed by atoms with Gasteiger partial charge in [0, 0.05) is 29.8 Å². The van der Waals surface area contributed by atoms with Crippen LogP contribution in [-0.2, 0) is 14.4 Å². The lowest BCUT2D eigenvalue weighted by Crippen LogP contribution is -2.37. The predicted molar refractivity (Wildman–Crippen MR) is 93.6 cm³/mol. The van der Waals surface area contributed by atoms with E-state index in [0.717, 1.165) is 13.8 Å². The predicted octanol–water partition coefficient (Wildman–Crippen LogP) is 1.51. The van der Waals surface area contributed by atoms with E-state index >= 15 is 0 Å². The summed E-state index contributed by atoms with van der Waals surface area (Å²) in [4.78, 5) is 49.1. The molecule has 0 atom stereocenters. The maximum absolute atomic E-state index is 10.5. The highest BCUT2D eigenvalue weighted by Crippen LogP contribution is 2.14. The van der Waals surface area contributed by atoms with Gasteiger partial charge in [-0.3, -0.25) is 9.59 Å². The number of hydroxylamine groups is 2. The third kappa shape index (κ3) is 27.1. The van der Waals surface area contributed by atoms with Crippen molar-refractivity contribution in [3.05, 3.63) is 9.93 Å². The first-order chi connectivity index (χ1) is 11.3. The third-order valence-electron chi connectivity index (χ3n) is 2.40. The molecule has 0 aliphatic heterocycles. The van der Waals surface area contributed by atoms with Crippen molar-refractivity contribution in [1.29, 1.82) is 0 Å². The fourth-order valence-corrected chi connectivity index (χ4v) is 1.57. The smallest absolute Gasteiger partial charge is 0.391 e. The molecule has 1 aliphatic rings. The Bertz CT molecular complexity index is 371. The Hall–Kier alpha value is -2.07. The summed E-state index contributed by atoms with van der Waals surface area (Å²) in [5.41, 5.74) is 9.70. The number of carbonyl (C=O) groups excluding carboxylic acids is 3. The number of amides is 3. The first-order valence-corrected chi connectivity index (χ1v) is 7.78. The zero-order valence-electron chi connectivity index (χ0n) is 15.6. The SMILES string of the molecule is CC(=O)N(OC(N)=O)C(C)=O.CC(C)(C)O.NC1CCCCC1.O=O. The number of nitrogens with zero attached hydrogens (tertiary/aromatic N) is 1. The molecular formula is C15H31N3O7. The summed E-state index contributed by atoms with van der Waals surface area (Å²) in [7, 11) is 0. The van der Waals surface area contributed by atoms with E-state index in [1.807, 2.05) is 0 Å². The lowest BCUT2D eigenvalue weighted by molar-refractivity contribution is -0.175. The van der Waals surface area contributed by atoms with Crippen molar-refractivity contribution in [2.45, 2.75) is 78.4 Å². The largest absolute Gasteiger partial charge is 0.429 e. The monoisotopic (exact) mass is 365 g/mol. The highest BCUT2D eigenvalue weighted by Gasteiger charge is 2.17. The van der Waals surface area contributed by atoms with Gasteiger partial charge in [-0.1, -0.05) is 19.3 Å². The minimum Gasteiger partial charge on any atom is -0.391 e. The van der Waals surface area contributed by atoms with Crippen LogP contribution in [0, 0.1) is 9.93 Å². The van der Waals surface area contributed by atoms with Crippen LogP contribution in [0.4, 0.5) is 4.79 Å². The first kappa shape index (κ1) is 27.8. The zero-order valence-corrected chi connectivity index (χ0v) is 15.6. The Balaban J connectivity index is -0.000000296. The minimum atomic E-state index is -1.20. The molecule has 5 N–H and O–H groups in total. The van der Waals surface area contributed by atoms with Crippen LogP contribution in [0.2, 0.25) is 0 Å². The van der Waals surface area contributed by atoms with E-state index in [0.29, 0.717) is 6.04 Å². The van der Waals surface area contributed by atoms with Gasteiger partial charge < -0.3 is 21.4 Å². The summed E-state index contributed by atoms with van der Waals surface area (Å²) in [5, 5.41) is 8.80. The number of rotatable bonds is 0. The number of hydrogen-bond donors (Lipinski definition) is 3. The quantitative estimate of drug-likeness (QED) is 0.542. The Morgan fingerprint density at radius 3 is 1.44 bits per heavy atom. The van der Waals surface area contributed by atoms with Crippen LogP contribution < -0.4 is 11.5 Å². The molecule has 1 saturated carbocycles. The molecule has 10 heteroatoms. The van der Waals surface area contributed by atoms with E-state index in [2.05, 4.69) is 10.6 Å². The van der Waals surface area contributed by atoms with Crippen LogP contribution in [-0.4, -0.2) is 39.7 Å². The molecule has 1 fully saturated rings. The van der Waals surface area contributed by atoms with Gasteiger partial charge in [0.2, 0.25) is 0 Å². The summed E-state index contributed by atoms with van der Waals surface area (Å²) < 4.78 is 0. The van der Waals surface area contributed by atoms with Gasteiger partial charge in [-0.2, -0.15) is 0 Å². The molecule has 3 amide bonds. The summed E-state index contributed by atoms with van der Waals surface area (Å²) in [6, 6.07) is 0.536. The Kier molecular flexibility index (Phi) is 17.2. The van der Waals surface area contributed by atoms with Gasteiger partial charge in [0.15, 0.2) is 0 Å². The van der Waals surface area contributed by atoms with Gasteiger partial charge in [0.05, 0.1) is 5.60 Å². The number of hydrogen-bond acceptors (Lipinski definition) is 8. The molecule has 0 aromatic rings. The average molecular weight is 365 g/mol. The van der Waals surface area contributed by atoms with Gasteiger partial charge in [-0.05, 0) is 33.6 Å². The molecule has 1 aliphatic carbocycles. The Morgan fingerprint density at radius 2 is 1.32 bits per heavy atom. The molecule has 148 valence electrons. The van der Waals surface area contributed by atoms with E-state index in [1.165, 1.54) is 32.1 Å². The van der Waals surface area contributed by atoms with E-state index in [9.17, 15) is 14.4 Å². The lowest BCUT2D eigenvalue weighted by Gasteiger charge is -2.15. The number of aliphatic hydroxyl groups is 1. The summed E-state index contributed by atoms with van der Waals surface area (Å²) in [6.07, 6.45) is 5.46. The molecule has 0 aromatic carbocycles. The van der Waals surface area contributed by atoms with Crippen LogP contribution in [0.5, 0.6) is 0 Å². The van der Waals surface area contributed by atoms with Crippen LogP contribution in [0.1, 0.15) is 66.7 Å². The van der Waals surface area contributed by atoms with Crippen molar-refractivity contribution in [3.63, 3.8) is 0 Å². The fraction of sp³-hybridized carbons (Fsp3) is 0.800. The first-order valence-electron chi connectivity index (χ1n) is 7.78. The molecule has 1 rings (SSSR count). The van der Waals surface area contributed by atoms with Gasteiger partial charge in [0.1, 0.15) is 0 Å². The zero-order chi connectivity index (χ0) is 20.6. The third-order valence-corrected chi connectivity index (χ3v) is 2.40. The highest BCUT2D eigenvalue weighted by atomic mass is 16.7. The summed E-state index contributed by atoms with van der Waals surface area (Å²) in [5.74, 6) is -1.40. The van der Waals surface area contributed by atoms with Gasteiger partial charge in [-0.25, -0.2) is 4.79 Å². The fourth-order valence-electron chi connectivity index (χ4n) is 1.57. The second kappa shape index (κ2) is 15.5. The minimum absolute atomic E-state index is 0.280. The van der Waals surface area contributed by atoms with E-state index in [1.54, 1.807) is 20.8 Å². The van der Waals surface area contributed by atoms with E-state index in [4.69, 9.17) is 20.8 Å². The van der Waals surface area contributed by atoms with Crippen LogP contribution in [0.15, 0.2) is 0 Å². The van der Waals surface area contributed by atoms with E-state index < -0.39 is 23.5 Å². The molecule has 0 spiro atoms. The highest BCUT2D eigenvalue weighted by molar-refractivity contribution is 5.92. The van der Waals surface area contributed by atoms with Crippen LogP contribution in [0.3, 0.4) is 0 Å². The van der Waals surface area contributed by atoms with Gasteiger partial charge in [0.25, 0.3) is 11.8 Å². The van der Waals surface area contributed by atoms with Crippen LogP contribution in [0.25, 0.3) is 0 Å². The van der Waals surface area contributed by atoms with Crippen LogP contribution >= 0.6 is 0 Å². The Labute approximate surface area is 148 Å². The molecule has 0 aromatic heterocycles. The maximum Gasteiger partial charge on any atom is 0.429 e. The maximum atomic E-state index is 10.5. The molecule has 25 heavy (non-hydrogen) atoms. The molecule has 0 radical (unpaired) electrons. The molecule has 0 unspecified atom stereocenters. The lowest BCUT2D eigenvalue weighted by atomic mass is 9.97. The van der Waals surface area contributed by atoms with E-state index in [-0.39, 0.29) is 5.06 Å². The second-order valence-electron chi connectivity index (χ2n) is 6.31. The molecular weight excluding hydrogens is 334 g/mol. The second-order valence-corrected chi connectivity index (χ2v) is 6.31. The van der Waals surface area contributed by atoms with Crippen molar-refractivity contribution >= 4 is 17.9 Å². The van der Waals surface area contributed by atoms with Crippen molar-refractivity contribution in [2.24, 2.45) is 11.5 Å². The Morgan fingerprint density at radius 1 is 1.00 bits per heavy atom. The molecule has 10 nitrogen and oxygen atoms in total. The topological polar surface area (TPSA) is 170 Å².